The van der Waals surface area contributed by atoms with E-state index >= 15 is 0 Å². The number of urea groups is 1. The van der Waals surface area contributed by atoms with Gasteiger partial charge in [-0.15, -0.1) is 0 Å². The lowest BCUT2D eigenvalue weighted by Gasteiger charge is -2.23. The zero-order valence-corrected chi connectivity index (χ0v) is 12.1. The molecule has 0 aromatic rings. The number of carbonyl (C=O) groups excluding carboxylic acids is 2. The van der Waals surface area contributed by atoms with Gasteiger partial charge in [0.25, 0.3) is 0 Å². The van der Waals surface area contributed by atoms with E-state index in [2.05, 4.69) is 10.6 Å². The molecule has 6 nitrogen and oxygen atoms in total. The van der Waals surface area contributed by atoms with Gasteiger partial charge in [0, 0.05) is 39.1 Å². The van der Waals surface area contributed by atoms with Crippen molar-refractivity contribution in [3.8, 4) is 0 Å². The fourth-order valence-electron chi connectivity index (χ4n) is 1.37. The van der Waals surface area contributed by atoms with Crippen LogP contribution in [0.2, 0.25) is 0 Å². The van der Waals surface area contributed by atoms with Crippen molar-refractivity contribution in [2.24, 2.45) is 0 Å². The van der Waals surface area contributed by atoms with E-state index in [1.165, 1.54) is 0 Å². The summed E-state index contributed by atoms with van der Waals surface area (Å²) in [4.78, 5) is 26.5. The van der Waals surface area contributed by atoms with E-state index in [1.54, 1.807) is 11.8 Å². The molecule has 0 spiro atoms. The van der Waals surface area contributed by atoms with Gasteiger partial charge in [0.15, 0.2) is 0 Å². The van der Waals surface area contributed by atoms with Crippen LogP contribution in [-0.4, -0.2) is 68.1 Å². The fourth-order valence-corrected chi connectivity index (χ4v) is 1.37. The molecule has 0 heterocycles. The number of hydrogen-bond acceptors (Lipinski definition) is 3. The van der Waals surface area contributed by atoms with Crippen LogP contribution in [0.25, 0.3) is 0 Å². The van der Waals surface area contributed by atoms with Crippen molar-refractivity contribution in [2.45, 2.75) is 26.8 Å². The highest BCUT2D eigenvalue weighted by Crippen LogP contribution is 1.90. The third-order valence-corrected chi connectivity index (χ3v) is 2.35. The van der Waals surface area contributed by atoms with Crippen LogP contribution in [0.4, 0.5) is 4.79 Å². The fraction of sp³-hybridized carbons (Fsp3) is 0.833. The van der Waals surface area contributed by atoms with Crippen LogP contribution in [0.15, 0.2) is 0 Å². The minimum atomic E-state index is -0.193. The molecule has 0 unspecified atom stereocenters. The SMILES string of the molecule is CC(=O)N(CCNC(=O)NC(C)C)CCN(C)C. The molecule has 2 N–H and O–H groups in total. The molecule has 0 aromatic carbocycles. The lowest BCUT2D eigenvalue weighted by atomic mass is 10.4. The number of nitrogens with one attached hydrogen (secondary N) is 2. The molecule has 0 saturated heterocycles. The molecule has 18 heavy (non-hydrogen) atoms. The number of carbonyl (C=O) groups is 2. The smallest absolute Gasteiger partial charge is 0.315 e. The topological polar surface area (TPSA) is 64.7 Å². The van der Waals surface area contributed by atoms with Crippen LogP contribution < -0.4 is 10.6 Å². The Kier molecular flexibility index (Phi) is 8.11. The molecule has 0 saturated carbocycles. The third-order valence-electron chi connectivity index (χ3n) is 2.35. The lowest BCUT2D eigenvalue weighted by molar-refractivity contribution is -0.128. The summed E-state index contributed by atoms with van der Waals surface area (Å²) >= 11 is 0. The second-order valence-electron chi connectivity index (χ2n) is 4.86. The van der Waals surface area contributed by atoms with Gasteiger partial charge in [-0.25, -0.2) is 4.79 Å². The van der Waals surface area contributed by atoms with Gasteiger partial charge in [-0.05, 0) is 27.9 Å². The van der Waals surface area contributed by atoms with Gasteiger partial charge >= 0.3 is 6.03 Å². The predicted molar refractivity (Wildman–Crippen MR) is 72.5 cm³/mol. The molecule has 0 aromatic heterocycles. The van der Waals surface area contributed by atoms with Gasteiger partial charge in [-0.1, -0.05) is 0 Å². The minimum absolute atomic E-state index is 0.0305. The van der Waals surface area contributed by atoms with Gasteiger partial charge < -0.3 is 20.4 Å². The Bertz CT molecular complexity index is 267. The third kappa shape index (κ3) is 8.81. The van der Waals surface area contributed by atoms with E-state index in [1.807, 2.05) is 32.8 Å². The van der Waals surface area contributed by atoms with Crippen molar-refractivity contribution in [3.05, 3.63) is 0 Å². The molecular weight excluding hydrogens is 232 g/mol. The molecule has 0 fully saturated rings. The lowest BCUT2D eigenvalue weighted by Crippen LogP contribution is -2.44. The largest absolute Gasteiger partial charge is 0.340 e. The summed E-state index contributed by atoms with van der Waals surface area (Å²) in [6.07, 6.45) is 0. The second-order valence-corrected chi connectivity index (χ2v) is 4.86. The van der Waals surface area contributed by atoms with Crippen LogP contribution in [0, 0.1) is 0 Å². The summed E-state index contributed by atoms with van der Waals surface area (Å²) in [6, 6.07) is -0.0798. The molecule has 0 aliphatic rings. The Hall–Kier alpha value is -1.30. The molecule has 0 bridgehead atoms. The minimum Gasteiger partial charge on any atom is -0.340 e. The highest BCUT2D eigenvalue weighted by atomic mass is 16.2. The van der Waals surface area contributed by atoms with Gasteiger partial charge in [-0.2, -0.15) is 0 Å². The van der Waals surface area contributed by atoms with Crippen molar-refractivity contribution in [2.75, 3.05) is 40.3 Å². The van der Waals surface area contributed by atoms with Crippen molar-refractivity contribution in [3.63, 3.8) is 0 Å². The maximum Gasteiger partial charge on any atom is 0.315 e. The zero-order valence-electron chi connectivity index (χ0n) is 12.1. The van der Waals surface area contributed by atoms with E-state index in [9.17, 15) is 9.59 Å². The first-order chi connectivity index (χ1) is 8.32. The first kappa shape index (κ1) is 16.7. The zero-order chi connectivity index (χ0) is 14.1. The Labute approximate surface area is 110 Å². The van der Waals surface area contributed by atoms with Crippen molar-refractivity contribution in [1.29, 1.82) is 0 Å². The molecule has 0 radical (unpaired) electrons. The van der Waals surface area contributed by atoms with E-state index in [0.717, 1.165) is 6.54 Å². The Balaban J connectivity index is 3.90. The van der Waals surface area contributed by atoms with Gasteiger partial charge in [-0.3, -0.25) is 4.79 Å². The molecule has 3 amide bonds. The van der Waals surface area contributed by atoms with E-state index in [4.69, 9.17) is 0 Å². The first-order valence-electron chi connectivity index (χ1n) is 6.27. The van der Waals surface area contributed by atoms with Crippen molar-refractivity contribution >= 4 is 11.9 Å². The van der Waals surface area contributed by atoms with Crippen molar-refractivity contribution in [1.82, 2.24) is 20.4 Å². The number of rotatable bonds is 7. The average Bonchev–Trinajstić information content (AvgIpc) is 2.20. The molecule has 0 aliphatic carbocycles. The van der Waals surface area contributed by atoms with Gasteiger partial charge in [0.1, 0.15) is 0 Å². The average molecular weight is 258 g/mol. The van der Waals surface area contributed by atoms with Crippen LogP contribution in [0.5, 0.6) is 0 Å². The highest BCUT2D eigenvalue weighted by Gasteiger charge is 2.09. The second kappa shape index (κ2) is 8.74. The summed E-state index contributed by atoms with van der Waals surface area (Å²) < 4.78 is 0. The summed E-state index contributed by atoms with van der Waals surface area (Å²) in [5, 5.41) is 5.46. The number of amides is 3. The monoisotopic (exact) mass is 258 g/mol. The Morgan fingerprint density at radius 3 is 2.17 bits per heavy atom. The number of nitrogens with zero attached hydrogens (tertiary/aromatic N) is 2. The molecule has 0 atom stereocenters. The maximum atomic E-state index is 11.4. The van der Waals surface area contributed by atoms with Crippen LogP contribution in [-0.2, 0) is 4.79 Å². The summed E-state index contributed by atoms with van der Waals surface area (Å²) in [5.41, 5.74) is 0. The van der Waals surface area contributed by atoms with Gasteiger partial charge in [0.05, 0.1) is 0 Å². The first-order valence-corrected chi connectivity index (χ1v) is 6.27. The van der Waals surface area contributed by atoms with Crippen LogP contribution >= 0.6 is 0 Å². The number of hydrogen-bond donors (Lipinski definition) is 2. The molecule has 0 rings (SSSR count). The molecule has 6 heteroatoms. The molecule has 106 valence electrons. The highest BCUT2D eigenvalue weighted by molar-refractivity contribution is 5.75. The standard InChI is InChI=1S/C12H26N4O2/c1-10(2)14-12(18)13-6-7-16(11(3)17)9-8-15(4)5/h10H,6-9H2,1-5H3,(H2,13,14,18). The molecular formula is C12H26N4O2. The van der Waals surface area contributed by atoms with E-state index in [0.29, 0.717) is 19.6 Å². The number of likely N-dealkylation sites (N-methyl/N-ethyl adjacent to an activating group) is 1. The normalized spacial score (nSPS) is 10.6. The van der Waals surface area contributed by atoms with Gasteiger partial charge in [0.2, 0.25) is 5.91 Å². The van der Waals surface area contributed by atoms with E-state index in [-0.39, 0.29) is 18.0 Å². The van der Waals surface area contributed by atoms with Crippen LogP contribution in [0.3, 0.4) is 0 Å². The predicted octanol–water partition coefficient (Wildman–Crippen LogP) is 0.104. The summed E-state index contributed by atoms with van der Waals surface area (Å²) in [5.74, 6) is 0.0305. The van der Waals surface area contributed by atoms with E-state index < -0.39 is 0 Å². The molecule has 0 aliphatic heterocycles. The Morgan fingerprint density at radius 1 is 1.11 bits per heavy atom. The maximum absolute atomic E-state index is 11.4. The van der Waals surface area contributed by atoms with Crippen LogP contribution in [0.1, 0.15) is 20.8 Å². The Morgan fingerprint density at radius 2 is 1.72 bits per heavy atom. The van der Waals surface area contributed by atoms with Crippen molar-refractivity contribution < 1.29 is 9.59 Å². The quantitative estimate of drug-likeness (QED) is 0.681. The summed E-state index contributed by atoms with van der Waals surface area (Å²) in [7, 11) is 3.93. The summed E-state index contributed by atoms with van der Waals surface area (Å²) in [6.45, 7) is 7.84.